The average Bonchev–Trinajstić information content (AvgIpc) is 3.43. The molecular formula is C23H23F2N5O3S. The summed E-state index contributed by atoms with van der Waals surface area (Å²) in [5.74, 6) is -1.20. The van der Waals surface area contributed by atoms with Gasteiger partial charge in [0.1, 0.15) is 23.8 Å². The van der Waals surface area contributed by atoms with E-state index in [9.17, 15) is 13.6 Å². The van der Waals surface area contributed by atoms with Gasteiger partial charge in [0.2, 0.25) is 5.91 Å². The number of hydrogen-bond acceptors (Lipinski definition) is 8. The summed E-state index contributed by atoms with van der Waals surface area (Å²) in [6.07, 6.45) is 2.57. The molecule has 11 heteroatoms. The summed E-state index contributed by atoms with van der Waals surface area (Å²) < 4.78 is 39.9. The number of nitrogens with zero attached hydrogens (tertiary/aromatic N) is 4. The first-order valence-corrected chi connectivity index (χ1v) is 11.6. The Morgan fingerprint density at radius 3 is 2.85 bits per heavy atom. The van der Waals surface area contributed by atoms with Crippen molar-refractivity contribution in [3.63, 3.8) is 0 Å². The zero-order valence-corrected chi connectivity index (χ0v) is 19.6. The topological polar surface area (TPSA) is 103 Å². The van der Waals surface area contributed by atoms with Crippen LogP contribution in [0.2, 0.25) is 0 Å². The van der Waals surface area contributed by atoms with E-state index >= 15 is 0 Å². The average molecular weight is 488 g/mol. The molecule has 4 unspecified atom stereocenters. The van der Waals surface area contributed by atoms with Crippen LogP contribution in [-0.4, -0.2) is 58.0 Å². The number of benzene rings is 1. The van der Waals surface area contributed by atoms with E-state index in [4.69, 9.17) is 15.2 Å². The van der Waals surface area contributed by atoms with Crippen molar-refractivity contribution >= 4 is 34.7 Å². The molecule has 1 aliphatic carbocycles. The molecule has 1 aromatic heterocycles. The lowest BCUT2D eigenvalue weighted by Crippen LogP contribution is -2.39. The highest BCUT2D eigenvalue weighted by Gasteiger charge is 2.73. The Kier molecular flexibility index (Phi) is 5.46. The van der Waals surface area contributed by atoms with Crippen molar-refractivity contribution in [2.24, 2.45) is 22.6 Å². The Balaban J connectivity index is 1.48. The van der Waals surface area contributed by atoms with Crippen molar-refractivity contribution in [3.05, 3.63) is 47.2 Å². The molecule has 178 valence electrons. The molecule has 5 rings (SSSR count). The third-order valence-corrected chi connectivity index (χ3v) is 7.84. The van der Waals surface area contributed by atoms with Gasteiger partial charge in [0, 0.05) is 25.6 Å². The number of fused-ring (bicyclic) bond motifs is 2. The molecule has 3 aliphatic rings. The Bertz CT molecular complexity index is 1240. The molecule has 1 fully saturated rings. The van der Waals surface area contributed by atoms with E-state index in [1.807, 2.05) is 6.92 Å². The number of amidine groups is 1. The van der Waals surface area contributed by atoms with Crippen molar-refractivity contribution in [1.29, 1.82) is 0 Å². The van der Waals surface area contributed by atoms with E-state index in [2.05, 4.69) is 15.0 Å². The number of rotatable bonds is 4. The van der Waals surface area contributed by atoms with Crippen molar-refractivity contribution in [2.45, 2.75) is 17.7 Å². The molecule has 0 radical (unpaired) electrons. The Hall–Kier alpha value is -3.21. The smallest absolute Gasteiger partial charge is 0.260 e. The van der Waals surface area contributed by atoms with Gasteiger partial charge < -0.3 is 20.1 Å². The standard InChI is InChI=1S/C23H23F2N5O3S/c1-11-17-18(28-22(26)34-23(11,17)21(31)30(2)3)13-8-12(4-5-14(13)24)9-15(25)19-27-10-16-20(29-19)33-7-6-32-16/h4-5,8-11,17-18H,6-7H2,1-3H3,(H2,26,28)/b15-9-. The maximum Gasteiger partial charge on any atom is 0.260 e. The van der Waals surface area contributed by atoms with Crippen LogP contribution in [0.4, 0.5) is 8.78 Å². The number of hydrogen-bond donors (Lipinski definition) is 1. The monoisotopic (exact) mass is 487 g/mol. The van der Waals surface area contributed by atoms with Gasteiger partial charge >= 0.3 is 0 Å². The van der Waals surface area contributed by atoms with E-state index in [0.29, 0.717) is 24.5 Å². The zero-order chi connectivity index (χ0) is 24.2. The van der Waals surface area contributed by atoms with Gasteiger partial charge in [-0.05, 0) is 29.7 Å². The molecule has 2 aromatic rings. The fourth-order valence-electron chi connectivity index (χ4n) is 4.69. The van der Waals surface area contributed by atoms with Gasteiger partial charge in [0.05, 0.1) is 12.2 Å². The molecule has 1 aromatic carbocycles. The van der Waals surface area contributed by atoms with Crippen LogP contribution in [0.5, 0.6) is 11.6 Å². The first kappa shape index (κ1) is 22.6. The highest BCUT2D eigenvalue weighted by Crippen LogP contribution is 2.68. The van der Waals surface area contributed by atoms with Gasteiger partial charge in [-0.15, -0.1) is 0 Å². The summed E-state index contributed by atoms with van der Waals surface area (Å²) in [5, 5.41) is 0.233. The number of thioether (sulfide) groups is 1. The first-order valence-electron chi connectivity index (χ1n) is 10.8. The van der Waals surface area contributed by atoms with Crippen LogP contribution >= 0.6 is 11.8 Å². The second-order valence-electron chi connectivity index (χ2n) is 8.65. The summed E-state index contributed by atoms with van der Waals surface area (Å²) in [6.45, 7) is 2.64. The quantitative estimate of drug-likeness (QED) is 0.707. The van der Waals surface area contributed by atoms with Gasteiger partial charge in [0.25, 0.3) is 5.88 Å². The molecule has 0 saturated heterocycles. The van der Waals surface area contributed by atoms with E-state index in [-0.39, 0.29) is 40.2 Å². The van der Waals surface area contributed by atoms with E-state index in [0.717, 1.165) is 0 Å². The molecule has 3 heterocycles. The van der Waals surface area contributed by atoms with Gasteiger partial charge in [-0.1, -0.05) is 24.8 Å². The van der Waals surface area contributed by atoms with Gasteiger partial charge in [-0.3, -0.25) is 9.79 Å². The summed E-state index contributed by atoms with van der Waals surface area (Å²) in [6, 6.07) is 3.59. The summed E-state index contributed by atoms with van der Waals surface area (Å²) >= 11 is 1.24. The van der Waals surface area contributed by atoms with Crippen LogP contribution in [0.1, 0.15) is 29.9 Å². The maximum atomic E-state index is 15.0. The minimum Gasteiger partial charge on any atom is -0.483 e. The van der Waals surface area contributed by atoms with Crippen molar-refractivity contribution in [2.75, 3.05) is 27.3 Å². The number of amides is 1. The van der Waals surface area contributed by atoms with Crippen molar-refractivity contribution in [1.82, 2.24) is 14.9 Å². The normalized spacial score (nSPS) is 27.5. The molecule has 4 atom stereocenters. The molecule has 0 bridgehead atoms. The van der Waals surface area contributed by atoms with Crippen molar-refractivity contribution in [3.8, 4) is 11.6 Å². The lowest BCUT2D eigenvalue weighted by molar-refractivity contribution is -0.129. The predicted molar refractivity (Wildman–Crippen MR) is 124 cm³/mol. The molecule has 2 N–H and O–H groups in total. The summed E-state index contributed by atoms with van der Waals surface area (Å²) in [4.78, 5) is 27.0. The van der Waals surface area contributed by atoms with Gasteiger partial charge in [0.15, 0.2) is 22.6 Å². The van der Waals surface area contributed by atoms with E-state index < -0.39 is 22.4 Å². The number of carbonyl (C=O) groups is 1. The Morgan fingerprint density at radius 1 is 1.32 bits per heavy atom. The van der Waals surface area contributed by atoms with E-state index in [1.54, 1.807) is 14.1 Å². The largest absolute Gasteiger partial charge is 0.483 e. The SMILES string of the molecule is CC1C2C(c3cc(/C=C(\F)c4ncc5c(n4)OCCO5)ccc3F)N=C(N)SC12C(=O)N(C)C. The van der Waals surface area contributed by atoms with Crippen LogP contribution in [0.15, 0.2) is 29.4 Å². The second-order valence-corrected chi connectivity index (χ2v) is 9.95. The lowest BCUT2D eigenvalue weighted by Gasteiger charge is -2.27. The fraction of sp³-hybridized carbons (Fsp3) is 0.391. The number of halogens is 2. The number of nitrogens with two attached hydrogens (primary N) is 1. The van der Waals surface area contributed by atoms with Crippen molar-refractivity contribution < 1.29 is 23.0 Å². The predicted octanol–water partition coefficient (Wildman–Crippen LogP) is 3.05. The lowest BCUT2D eigenvalue weighted by atomic mass is 9.97. The number of ether oxygens (including phenoxy) is 2. The highest BCUT2D eigenvalue weighted by molar-refractivity contribution is 8.15. The van der Waals surface area contributed by atoms with Crippen LogP contribution in [0, 0.1) is 17.7 Å². The minimum absolute atomic E-state index is 0.0522. The minimum atomic E-state index is -0.775. The van der Waals surface area contributed by atoms with Crippen LogP contribution in [-0.2, 0) is 4.79 Å². The molecule has 2 aliphatic heterocycles. The molecular weight excluding hydrogens is 464 g/mol. The van der Waals surface area contributed by atoms with Gasteiger partial charge in [-0.25, -0.2) is 13.8 Å². The summed E-state index contributed by atoms with van der Waals surface area (Å²) in [7, 11) is 3.37. The zero-order valence-electron chi connectivity index (χ0n) is 18.8. The van der Waals surface area contributed by atoms with E-state index in [1.165, 1.54) is 47.1 Å². The van der Waals surface area contributed by atoms with Crippen LogP contribution in [0.3, 0.4) is 0 Å². The number of aliphatic imine (C=N–C) groups is 1. The first-order chi connectivity index (χ1) is 16.2. The molecule has 1 amide bonds. The Morgan fingerprint density at radius 2 is 2.09 bits per heavy atom. The maximum absolute atomic E-state index is 15.0. The summed E-state index contributed by atoms with van der Waals surface area (Å²) in [5.41, 5.74) is 6.74. The second kappa shape index (κ2) is 8.23. The molecule has 1 saturated carbocycles. The molecule has 0 spiro atoms. The van der Waals surface area contributed by atoms with Crippen LogP contribution in [0.25, 0.3) is 11.9 Å². The highest BCUT2D eigenvalue weighted by atomic mass is 32.2. The van der Waals surface area contributed by atoms with Gasteiger partial charge in [-0.2, -0.15) is 4.98 Å². The molecule has 34 heavy (non-hydrogen) atoms. The third kappa shape index (κ3) is 3.58. The third-order valence-electron chi connectivity index (χ3n) is 6.37. The number of aromatic nitrogens is 2. The van der Waals surface area contributed by atoms with Crippen LogP contribution < -0.4 is 15.2 Å². The Labute approximate surface area is 199 Å². The molecule has 8 nitrogen and oxygen atoms in total. The fourth-order valence-corrected chi connectivity index (χ4v) is 6.21. The number of carbonyl (C=O) groups excluding carboxylic acids is 1.